The predicted molar refractivity (Wildman–Crippen MR) is 126 cm³/mol. The van der Waals surface area contributed by atoms with Gasteiger partial charge in [0.05, 0.1) is 13.2 Å². The smallest absolute Gasteiger partial charge is 0.224 e. The SMILES string of the molecule is CC1(C)OC[C@]2(OC[C@H]3O[C@@H]([C@@H]4CC4(C)C)O[C@H]3[C@@H]2OCc2ccc(-c3ccccc3)cc2)O1. The quantitative estimate of drug-likeness (QED) is 0.625. The summed E-state index contributed by atoms with van der Waals surface area (Å²) in [5, 5.41) is 0. The van der Waals surface area contributed by atoms with Gasteiger partial charge in [0, 0.05) is 5.92 Å². The minimum Gasteiger partial charge on any atom is -0.365 e. The third kappa shape index (κ3) is 4.11. The Morgan fingerprint density at radius 1 is 0.882 bits per heavy atom. The summed E-state index contributed by atoms with van der Waals surface area (Å²) in [6.07, 6.45) is -0.0280. The first-order chi connectivity index (χ1) is 16.2. The molecule has 0 amide bonds. The molecule has 1 saturated carbocycles. The van der Waals surface area contributed by atoms with Gasteiger partial charge in [-0.15, -0.1) is 0 Å². The molecule has 3 saturated heterocycles. The van der Waals surface area contributed by atoms with Crippen molar-refractivity contribution in [2.75, 3.05) is 13.2 Å². The van der Waals surface area contributed by atoms with Crippen LogP contribution in [0.1, 0.15) is 39.7 Å². The molecule has 3 aliphatic heterocycles. The Bertz CT molecular complexity index is 1020. The molecule has 4 aliphatic rings. The number of rotatable bonds is 5. The lowest BCUT2D eigenvalue weighted by atomic mass is 9.97. The molecule has 0 radical (unpaired) electrons. The van der Waals surface area contributed by atoms with Gasteiger partial charge in [0.2, 0.25) is 5.79 Å². The summed E-state index contributed by atoms with van der Waals surface area (Å²) in [4.78, 5) is 0. The fourth-order valence-electron chi connectivity index (χ4n) is 5.44. The standard InChI is InChI=1S/C28H34O6/c1-26(2)14-21(26)25-32-22-16-30-28(17-31-27(3,4)34-28)24(23(22)33-25)29-15-18-10-12-20(13-11-18)19-8-6-5-7-9-19/h5-13,21-25H,14-17H2,1-4H3/t21-,22+,23+,24-,25+,28-/m0/s1. The van der Waals surface area contributed by atoms with E-state index in [0.29, 0.717) is 25.7 Å². The minimum atomic E-state index is -1.01. The van der Waals surface area contributed by atoms with Crippen molar-refractivity contribution in [3.05, 3.63) is 60.2 Å². The molecule has 0 unspecified atom stereocenters. The number of ether oxygens (including phenoxy) is 6. The first-order valence-corrected chi connectivity index (χ1v) is 12.3. The number of hydrogen-bond acceptors (Lipinski definition) is 6. The molecule has 6 atom stereocenters. The van der Waals surface area contributed by atoms with Crippen molar-refractivity contribution in [2.24, 2.45) is 11.3 Å². The van der Waals surface area contributed by atoms with E-state index < -0.39 is 17.7 Å². The highest BCUT2D eigenvalue weighted by Gasteiger charge is 2.64. The van der Waals surface area contributed by atoms with Gasteiger partial charge < -0.3 is 28.4 Å². The average Bonchev–Trinajstić information content (AvgIpc) is 3.13. The second kappa shape index (κ2) is 8.12. The fraction of sp³-hybridized carbons (Fsp3) is 0.571. The van der Waals surface area contributed by atoms with Crippen molar-refractivity contribution in [1.82, 2.24) is 0 Å². The zero-order chi connectivity index (χ0) is 23.6. The second-order valence-corrected chi connectivity index (χ2v) is 11.2. The van der Waals surface area contributed by atoms with Crippen molar-refractivity contribution < 1.29 is 28.4 Å². The molecule has 2 aromatic carbocycles. The zero-order valence-electron chi connectivity index (χ0n) is 20.4. The monoisotopic (exact) mass is 466 g/mol. The highest BCUT2D eigenvalue weighted by Crippen LogP contribution is 2.57. The lowest BCUT2D eigenvalue weighted by molar-refractivity contribution is -0.336. The highest BCUT2D eigenvalue weighted by molar-refractivity contribution is 5.63. The van der Waals surface area contributed by atoms with Gasteiger partial charge in [-0.1, -0.05) is 68.4 Å². The molecular formula is C28H34O6. The van der Waals surface area contributed by atoms with Crippen LogP contribution in [-0.2, 0) is 35.0 Å². The number of fused-ring (bicyclic) bond motifs is 1. The van der Waals surface area contributed by atoms with Crippen molar-refractivity contribution in [1.29, 1.82) is 0 Å². The van der Waals surface area contributed by atoms with E-state index in [1.165, 1.54) is 11.1 Å². The van der Waals surface area contributed by atoms with E-state index in [2.05, 4.69) is 62.4 Å². The summed E-state index contributed by atoms with van der Waals surface area (Å²) in [6, 6.07) is 18.8. The van der Waals surface area contributed by atoms with Crippen LogP contribution in [-0.4, -0.2) is 49.4 Å². The van der Waals surface area contributed by atoms with Crippen LogP contribution in [0, 0.1) is 11.3 Å². The molecule has 6 rings (SSSR count). The van der Waals surface area contributed by atoms with Gasteiger partial charge >= 0.3 is 0 Å². The van der Waals surface area contributed by atoms with Crippen LogP contribution >= 0.6 is 0 Å². The minimum absolute atomic E-state index is 0.176. The van der Waals surface area contributed by atoms with E-state index in [-0.39, 0.29) is 23.9 Å². The largest absolute Gasteiger partial charge is 0.365 e. The van der Waals surface area contributed by atoms with Crippen LogP contribution in [0.5, 0.6) is 0 Å². The molecular weight excluding hydrogens is 432 g/mol. The molecule has 2 aromatic rings. The summed E-state index contributed by atoms with van der Waals surface area (Å²) in [5.41, 5.74) is 3.71. The van der Waals surface area contributed by atoms with Crippen LogP contribution in [0.3, 0.4) is 0 Å². The van der Waals surface area contributed by atoms with Gasteiger partial charge in [0.25, 0.3) is 0 Å². The molecule has 4 fully saturated rings. The van der Waals surface area contributed by atoms with E-state index in [1.807, 2.05) is 19.9 Å². The van der Waals surface area contributed by atoms with Crippen LogP contribution in [0.2, 0.25) is 0 Å². The van der Waals surface area contributed by atoms with Crippen molar-refractivity contribution in [3.8, 4) is 11.1 Å². The molecule has 0 bridgehead atoms. The van der Waals surface area contributed by atoms with Crippen molar-refractivity contribution in [2.45, 2.75) is 76.9 Å². The lowest BCUT2D eigenvalue weighted by Crippen LogP contribution is -2.62. The van der Waals surface area contributed by atoms with E-state index in [1.54, 1.807) is 0 Å². The average molecular weight is 467 g/mol. The maximum Gasteiger partial charge on any atom is 0.224 e. The Morgan fingerprint density at radius 2 is 1.59 bits per heavy atom. The summed E-state index contributed by atoms with van der Waals surface area (Å²) >= 11 is 0. The van der Waals surface area contributed by atoms with Crippen LogP contribution in [0.4, 0.5) is 0 Å². The molecule has 3 heterocycles. The molecule has 182 valence electrons. The fourth-order valence-corrected chi connectivity index (χ4v) is 5.44. The third-order valence-corrected chi connectivity index (χ3v) is 7.64. The predicted octanol–water partition coefficient (Wildman–Crippen LogP) is 4.90. The van der Waals surface area contributed by atoms with Gasteiger partial charge in [-0.2, -0.15) is 0 Å². The number of benzene rings is 2. The Labute approximate surface area is 201 Å². The first-order valence-electron chi connectivity index (χ1n) is 12.3. The van der Waals surface area contributed by atoms with Gasteiger partial charge in [-0.05, 0) is 42.4 Å². The van der Waals surface area contributed by atoms with Crippen molar-refractivity contribution >= 4 is 0 Å². The molecule has 1 aliphatic carbocycles. The summed E-state index contributed by atoms with van der Waals surface area (Å²) in [5.74, 6) is -1.35. The Balaban J connectivity index is 1.20. The lowest BCUT2D eigenvalue weighted by Gasteiger charge is -2.43. The molecule has 0 N–H and O–H groups in total. The third-order valence-electron chi connectivity index (χ3n) is 7.64. The summed E-state index contributed by atoms with van der Waals surface area (Å²) in [6.45, 7) is 9.43. The Morgan fingerprint density at radius 3 is 2.24 bits per heavy atom. The Hall–Kier alpha value is -1.80. The van der Waals surface area contributed by atoms with E-state index in [0.717, 1.165) is 12.0 Å². The van der Waals surface area contributed by atoms with Crippen LogP contribution < -0.4 is 0 Å². The van der Waals surface area contributed by atoms with E-state index in [4.69, 9.17) is 28.4 Å². The van der Waals surface area contributed by atoms with Crippen LogP contribution in [0.25, 0.3) is 11.1 Å². The first kappa shape index (κ1) is 22.7. The highest BCUT2D eigenvalue weighted by atomic mass is 16.9. The van der Waals surface area contributed by atoms with Gasteiger partial charge in [0.15, 0.2) is 12.1 Å². The summed E-state index contributed by atoms with van der Waals surface area (Å²) in [7, 11) is 0. The van der Waals surface area contributed by atoms with Crippen LogP contribution in [0.15, 0.2) is 54.6 Å². The van der Waals surface area contributed by atoms with Gasteiger partial charge in [0.1, 0.15) is 24.9 Å². The van der Waals surface area contributed by atoms with Gasteiger partial charge in [-0.25, -0.2) is 0 Å². The Kier molecular flexibility index (Phi) is 5.41. The molecule has 34 heavy (non-hydrogen) atoms. The second-order valence-electron chi connectivity index (χ2n) is 11.2. The maximum absolute atomic E-state index is 6.53. The molecule has 1 spiro atoms. The molecule has 6 heteroatoms. The van der Waals surface area contributed by atoms with Crippen molar-refractivity contribution in [3.63, 3.8) is 0 Å². The topological polar surface area (TPSA) is 55.4 Å². The molecule has 0 aromatic heterocycles. The zero-order valence-corrected chi connectivity index (χ0v) is 20.4. The van der Waals surface area contributed by atoms with E-state index >= 15 is 0 Å². The normalized spacial score (nSPS) is 37.6. The molecule has 6 nitrogen and oxygen atoms in total. The maximum atomic E-state index is 6.53. The van der Waals surface area contributed by atoms with Gasteiger partial charge in [-0.3, -0.25) is 0 Å². The van der Waals surface area contributed by atoms with E-state index in [9.17, 15) is 0 Å². The number of hydrogen-bond donors (Lipinski definition) is 0. The summed E-state index contributed by atoms with van der Waals surface area (Å²) < 4.78 is 37.8.